The van der Waals surface area contributed by atoms with Crippen molar-refractivity contribution in [2.24, 2.45) is 0 Å². The van der Waals surface area contributed by atoms with E-state index >= 15 is 0 Å². The zero-order valence-electron chi connectivity index (χ0n) is 8.37. The van der Waals surface area contributed by atoms with Crippen LogP contribution in [0.3, 0.4) is 0 Å². The molecule has 1 N–H and O–H groups in total. The average molecular weight is 203 g/mol. The van der Waals surface area contributed by atoms with Gasteiger partial charge in [-0.05, 0) is 12.0 Å². The third-order valence-electron chi connectivity index (χ3n) is 2.32. The summed E-state index contributed by atoms with van der Waals surface area (Å²) in [6, 6.07) is 10.2. The van der Waals surface area contributed by atoms with Crippen molar-refractivity contribution in [2.75, 3.05) is 0 Å². The molecule has 78 valence electrons. The third-order valence-corrected chi connectivity index (χ3v) is 2.32. The van der Waals surface area contributed by atoms with E-state index in [4.69, 9.17) is 5.11 Å². The lowest BCUT2D eigenvalue weighted by atomic mass is 10.1. The van der Waals surface area contributed by atoms with Crippen LogP contribution >= 0.6 is 0 Å². The minimum atomic E-state index is -0.0121. The van der Waals surface area contributed by atoms with E-state index < -0.39 is 0 Å². The van der Waals surface area contributed by atoms with Gasteiger partial charge in [-0.15, -0.1) is 5.10 Å². The van der Waals surface area contributed by atoms with E-state index in [9.17, 15) is 0 Å². The first-order valence-corrected chi connectivity index (χ1v) is 4.92. The summed E-state index contributed by atoms with van der Waals surface area (Å²) < 4.78 is 1.73. The van der Waals surface area contributed by atoms with Crippen LogP contribution in [0.2, 0.25) is 0 Å². The minimum Gasteiger partial charge on any atom is -0.390 e. The average Bonchev–Trinajstić information content (AvgIpc) is 2.75. The molecule has 0 spiro atoms. The molecule has 0 fully saturated rings. The molecule has 4 heteroatoms. The molecule has 0 aliphatic heterocycles. The van der Waals surface area contributed by atoms with Crippen LogP contribution in [0.5, 0.6) is 0 Å². The Hall–Kier alpha value is -1.68. The van der Waals surface area contributed by atoms with Gasteiger partial charge < -0.3 is 5.11 Å². The fraction of sp³-hybridized carbons (Fsp3) is 0.273. The largest absolute Gasteiger partial charge is 0.390 e. The Bertz CT molecular complexity index is 411. The van der Waals surface area contributed by atoms with E-state index in [0.717, 1.165) is 18.7 Å². The number of hydrogen-bond donors (Lipinski definition) is 1. The predicted octanol–water partition coefficient (Wildman–Crippen LogP) is 1.01. The van der Waals surface area contributed by atoms with E-state index in [-0.39, 0.29) is 6.61 Å². The first kappa shape index (κ1) is 9.86. The molecule has 0 aliphatic rings. The van der Waals surface area contributed by atoms with Crippen molar-refractivity contribution in [1.82, 2.24) is 15.0 Å². The van der Waals surface area contributed by atoms with Crippen molar-refractivity contribution in [3.05, 3.63) is 47.8 Å². The highest BCUT2D eigenvalue weighted by molar-refractivity contribution is 5.14. The molecule has 0 atom stereocenters. The number of nitrogens with zero attached hydrogens (tertiary/aromatic N) is 3. The fourth-order valence-corrected chi connectivity index (χ4v) is 1.47. The molecule has 0 saturated heterocycles. The smallest absolute Gasteiger partial charge is 0.0866 e. The Kier molecular flexibility index (Phi) is 3.09. The molecule has 0 unspecified atom stereocenters. The summed E-state index contributed by atoms with van der Waals surface area (Å²) in [6.07, 6.45) is 2.49. The predicted molar refractivity (Wildman–Crippen MR) is 56.1 cm³/mol. The topological polar surface area (TPSA) is 50.9 Å². The van der Waals surface area contributed by atoms with Crippen LogP contribution < -0.4 is 0 Å². The summed E-state index contributed by atoms with van der Waals surface area (Å²) in [5.41, 5.74) is 2.02. The molecule has 4 nitrogen and oxygen atoms in total. The van der Waals surface area contributed by atoms with Crippen molar-refractivity contribution in [2.45, 2.75) is 19.6 Å². The number of rotatable bonds is 4. The molecule has 0 bridgehead atoms. The zero-order chi connectivity index (χ0) is 10.5. The second-order valence-corrected chi connectivity index (χ2v) is 3.34. The summed E-state index contributed by atoms with van der Waals surface area (Å²) in [7, 11) is 0. The molecule has 2 aromatic rings. The number of hydrogen-bond acceptors (Lipinski definition) is 3. The number of aliphatic hydroxyl groups is 1. The zero-order valence-corrected chi connectivity index (χ0v) is 8.37. The van der Waals surface area contributed by atoms with Crippen LogP contribution in [0.25, 0.3) is 0 Å². The Labute approximate surface area is 88.2 Å². The molecule has 2 rings (SSSR count). The quantitative estimate of drug-likeness (QED) is 0.807. The van der Waals surface area contributed by atoms with Gasteiger partial charge in [-0.2, -0.15) is 0 Å². The van der Waals surface area contributed by atoms with Gasteiger partial charge in [0.2, 0.25) is 0 Å². The van der Waals surface area contributed by atoms with Gasteiger partial charge in [0.05, 0.1) is 18.5 Å². The summed E-state index contributed by atoms with van der Waals surface area (Å²) in [6.45, 7) is 0.738. The first-order chi connectivity index (χ1) is 7.40. The molecule has 1 aromatic heterocycles. The number of aliphatic hydroxyl groups excluding tert-OH is 1. The Morgan fingerprint density at radius 2 is 2.00 bits per heavy atom. The first-order valence-electron chi connectivity index (χ1n) is 4.92. The summed E-state index contributed by atoms with van der Waals surface area (Å²) in [5, 5.41) is 16.7. The van der Waals surface area contributed by atoms with Gasteiger partial charge in [0.15, 0.2) is 0 Å². The molecule has 15 heavy (non-hydrogen) atoms. The van der Waals surface area contributed by atoms with Gasteiger partial charge in [-0.25, -0.2) is 4.68 Å². The normalized spacial score (nSPS) is 10.5. The molecular weight excluding hydrogens is 190 g/mol. The van der Waals surface area contributed by atoms with E-state index in [1.807, 2.05) is 18.2 Å². The molecule has 0 aliphatic carbocycles. The van der Waals surface area contributed by atoms with Crippen LogP contribution in [0.1, 0.15) is 11.3 Å². The van der Waals surface area contributed by atoms with E-state index in [1.54, 1.807) is 10.9 Å². The van der Waals surface area contributed by atoms with E-state index in [1.165, 1.54) is 5.56 Å². The van der Waals surface area contributed by atoms with Crippen molar-refractivity contribution in [3.8, 4) is 0 Å². The van der Waals surface area contributed by atoms with Crippen molar-refractivity contribution in [1.29, 1.82) is 0 Å². The van der Waals surface area contributed by atoms with Crippen LogP contribution in [0, 0.1) is 0 Å². The lowest BCUT2D eigenvalue weighted by molar-refractivity contribution is 0.267. The van der Waals surface area contributed by atoms with E-state index in [2.05, 4.69) is 22.4 Å². The lowest BCUT2D eigenvalue weighted by Gasteiger charge is -2.03. The Balaban J connectivity index is 1.99. The highest BCUT2D eigenvalue weighted by Gasteiger charge is 2.01. The Morgan fingerprint density at radius 3 is 2.73 bits per heavy atom. The van der Waals surface area contributed by atoms with Gasteiger partial charge in [-0.3, -0.25) is 0 Å². The van der Waals surface area contributed by atoms with Gasteiger partial charge in [0.25, 0.3) is 0 Å². The molecular formula is C11H13N3O. The van der Waals surface area contributed by atoms with Crippen LogP contribution in [-0.2, 0) is 19.6 Å². The van der Waals surface area contributed by atoms with Gasteiger partial charge in [0.1, 0.15) is 0 Å². The SMILES string of the molecule is OCc1cnnn1CCc1ccccc1. The summed E-state index contributed by atoms with van der Waals surface area (Å²) in [5.74, 6) is 0. The minimum absolute atomic E-state index is 0.0121. The Morgan fingerprint density at radius 1 is 1.20 bits per heavy atom. The monoisotopic (exact) mass is 203 g/mol. The van der Waals surface area contributed by atoms with Crippen LogP contribution in [-0.4, -0.2) is 20.1 Å². The van der Waals surface area contributed by atoms with E-state index in [0.29, 0.717) is 0 Å². The number of aromatic nitrogens is 3. The summed E-state index contributed by atoms with van der Waals surface area (Å²) in [4.78, 5) is 0. The van der Waals surface area contributed by atoms with Crippen LogP contribution in [0.4, 0.5) is 0 Å². The molecule has 1 aromatic carbocycles. The van der Waals surface area contributed by atoms with Gasteiger partial charge in [0, 0.05) is 6.54 Å². The van der Waals surface area contributed by atoms with Crippen molar-refractivity contribution >= 4 is 0 Å². The number of aryl methyl sites for hydroxylation is 2. The molecule has 0 saturated carbocycles. The second kappa shape index (κ2) is 4.70. The standard InChI is InChI=1S/C11H13N3O/c15-9-11-8-12-13-14(11)7-6-10-4-2-1-3-5-10/h1-5,8,15H,6-7,9H2. The highest BCUT2D eigenvalue weighted by atomic mass is 16.3. The molecule has 1 heterocycles. The molecule has 0 amide bonds. The van der Waals surface area contributed by atoms with Crippen molar-refractivity contribution in [3.63, 3.8) is 0 Å². The highest BCUT2D eigenvalue weighted by Crippen LogP contribution is 2.03. The maximum atomic E-state index is 9.00. The van der Waals surface area contributed by atoms with Crippen molar-refractivity contribution < 1.29 is 5.11 Å². The third kappa shape index (κ3) is 2.41. The lowest BCUT2D eigenvalue weighted by Crippen LogP contribution is -2.07. The maximum Gasteiger partial charge on any atom is 0.0866 e. The van der Waals surface area contributed by atoms with Crippen LogP contribution in [0.15, 0.2) is 36.5 Å². The van der Waals surface area contributed by atoms with Gasteiger partial charge >= 0.3 is 0 Å². The second-order valence-electron chi connectivity index (χ2n) is 3.34. The summed E-state index contributed by atoms with van der Waals surface area (Å²) >= 11 is 0. The maximum absolute atomic E-state index is 9.00. The number of benzene rings is 1. The molecule has 0 radical (unpaired) electrons. The fourth-order valence-electron chi connectivity index (χ4n) is 1.47. The van der Waals surface area contributed by atoms with Gasteiger partial charge in [-0.1, -0.05) is 35.5 Å².